The highest BCUT2D eigenvalue weighted by Crippen LogP contribution is 2.28. The van der Waals surface area contributed by atoms with Crippen LogP contribution in [-0.4, -0.2) is 30.5 Å². The minimum Gasteiger partial charge on any atom is -0.497 e. The largest absolute Gasteiger partial charge is 0.497 e. The quantitative estimate of drug-likeness (QED) is 0.904. The number of nitrogens with zero attached hydrogens (tertiary/aromatic N) is 1. The van der Waals surface area contributed by atoms with Gasteiger partial charge in [-0.1, -0.05) is 26.0 Å². The van der Waals surface area contributed by atoms with Gasteiger partial charge in [0, 0.05) is 6.54 Å². The topological polar surface area (TPSA) is 41.6 Å². The number of amides is 1. The fourth-order valence-corrected chi connectivity index (χ4v) is 2.45. The first-order valence-electron chi connectivity index (χ1n) is 6.73. The van der Waals surface area contributed by atoms with Crippen molar-refractivity contribution in [1.82, 2.24) is 10.2 Å². The molecule has 0 bridgehead atoms. The van der Waals surface area contributed by atoms with Gasteiger partial charge in [0.1, 0.15) is 11.9 Å². The molecule has 2 rings (SSSR count). The number of nitrogens with one attached hydrogen (secondary N) is 1. The average Bonchev–Trinajstić information content (AvgIpc) is 2.66. The highest BCUT2D eigenvalue weighted by Gasteiger charge is 2.37. The van der Waals surface area contributed by atoms with Crippen molar-refractivity contribution in [2.75, 3.05) is 13.7 Å². The summed E-state index contributed by atoms with van der Waals surface area (Å²) in [5, 5.41) is 3.35. The number of hydrogen-bond donors (Lipinski definition) is 1. The highest BCUT2D eigenvalue weighted by atomic mass is 16.5. The van der Waals surface area contributed by atoms with Crippen LogP contribution in [-0.2, 0) is 4.79 Å². The van der Waals surface area contributed by atoms with Crippen LogP contribution in [0.1, 0.15) is 32.5 Å². The van der Waals surface area contributed by atoms with E-state index in [-0.39, 0.29) is 18.1 Å². The molecule has 0 spiro atoms. The predicted molar refractivity (Wildman–Crippen MR) is 74.9 cm³/mol. The molecule has 19 heavy (non-hydrogen) atoms. The van der Waals surface area contributed by atoms with Crippen LogP contribution in [0.3, 0.4) is 0 Å². The maximum Gasteiger partial charge on any atom is 0.241 e. The molecule has 4 heteroatoms. The van der Waals surface area contributed by atoms with Gasteiger partial charge >= 0.3 is 0 Å². The maximum absolute atomic E-state index is 12.2. The van der Waals surface area contributed by atoms with Gasteiger partial charge in [-0.15, -0.1) is 0 Å². The first kappa shape index (κ1) is 13.9. The SMILES string of the molecule is COc1cccc(C2NC(C)C(=O)N2CC(C)C)c1. The minimum absolute atomic E-state index is 0.0556. The molecule has 1 amide bonds. The number of hydrogen-bond acceptors (Lipinski definition) is 3. The number of methoxy groups -OCH3 is 1. The number of carbonyl (C=O) groups excluding carboxylic acids is 1. The van der Waals surface area contributed by atoms with Crippen LogP contribution in [0.4, 0.5) is 0 Å². The molecule has 1 fully saturated rings. The number of carbonyl (C=O) groups is 1. The van der Waals surface area contributed by atoms with Crippen molar-refractivity contribution in [3.8, 4) is 5.75 Å². The van der Waals surface area contributed by atoms with Gasteiger partial charge in [0.25, 0.3) is 0 Å². The van der Waals surface area contributed by atoms with Gasteiger partial charge in [-0.25, -0.2) is 0 Å². The molecule has 0 aromatic heterocycles. The van der Waals surface area contributed by atoms with E-state index in [1.54, 1.807) is 7.11 Å². The van der Waals surface area contributed by atoms with Crippen LogP contribution < -0.4 is 10.1 Å². The Morgan fingerprint density at radius 1 is 1.42 bits per heavy atom. The summed E-state index contributed by atoms with van der Waals surface area (Å²) in [7, 11) is 1.65. The summed E-state index contributed by atoms with van der Waals surface area (Å²) in [6.45, 7) is 6.92. The van der Waals surface area contributed by atoms with Gasteiger partial charge in [0.05, 0.1) is 13.2 Å². The summed E-state index contributed by atoms with van der Waals surface area (Å²) < 4.78 is 5.25. The summed E-state index contributed by atoms with van der Waals surface area (Å²) >= 11 is 0. The average molecular weight is 262 g/mol. The molecule has 1 aromatic carbocycles. The van der Waals surface area contributed by atoms with E-state index in [0.29, 0.717) is 5.92 Å². The van der Waals surface area contributed by atoms with Crippen LogP contribution >= 0.6 is 0 Å². The van der Waals surface area contributed by atoms with Crippen LogP contribution in [0.25, 0.3) is 0 Å². The van der Waals surface area contributed by atoms with Crippen molar-refractivity contribution in [3.63, 3.8) is 0 Å². The van der Waals surface area contributed by atoms with Crippen LogP contribution in [0, 0.1) is 5.92 Å². The van der Waals surface area contributed by atoms with Gasteiger partial charge < -0.3 is 9.64 Å². The molecule has 1 heterocycles. The van der Waals surface area contributed by atoms with Gasteiger partial charge in [-0.2, -0.15) is 0 Å². The van der Waals surface area contributed by atoms with E-state index in [9.17, 15) is 4.79 Å². The zero-order valence-electron chi connectivity index (χ0n) is 12.0. The van der Waals surface area contributed by atoms with E-state index < -0.39 is 0 Å². The Morgan fingerprint density at radius 2 is 2.16 bits per heavy atom. The van der Waals surface area contributed by atoms with Crippen molar-refractivity contribution in [1.29, 1.82) is 0 Å². The lowest BCUT2D eigenvalue weighted by atomic mass is 10.1. The van der Waals surface area contributed by atoms with Crippen LogP contribution in [0.2, 0.25) is 0 Å². The molecule has 1 aliphatic heterocycles. The Hall–Kier alpha value is -1.55. The second-order valence-electron chi connectivity index (χ2n) is 5.45. The standard InChI is InChI=1S/C15H22N2O2/c1-10(2)9-17-14(16-11(3)15(17)18)12-6-5-7-13(8-12)19-4/h5-8,10-11,14,16H,9H2,1-4H3. The smallest absolute Gasteiger partial charge is 0.241 e. The maximum atomic E-state index is 12.2. The zero-order valence-corrected chi connectivity index (χ0v) is 12.0. The van der Waals surface area contributed by atoms with E-state index in [2.05, 4.69) is 19.2 Å². The monoisotopic (exact) mass is 262 g/mol. The van der Waals surface area contributed by atoms with Crippen molar-refractivity contribution in [2.45, 2.75) is 33.0 Å². The molecule has 1 aliphatic rings. The Bertz CT molecular complexity index is 459. The lowest BCUT2D eigenvalue weighted by Gasteiger charge is -2.26. The minimum atomic E-state index is -0.130. The Labute approximate surface area is 114 Å². The fourth-order valence-electron chi connectivity index (χ4n) is 2.45. The fraction of sp³-hybridized carbons (Fsp3) is 0.533. The molecular formula is C15H22N2O2. The van der Waals surface area contributed by atoms with Gasteiger partial charge in [0.15, 0.2) is 0 Å². The molecule has 104 valence electrons. The summed E-state index contributed by atoms with van der Waals surface area (Å²) in [6, 6.07) is 7.75. The summed E-state index contributed by atoms with van der Waals surface area (Å²) in [6.07, 6.45) is -0.0556. The van der Waals surface area contributed by atoms with Crippen molar-refractivity contribution < 1.29 is 9.53 Å². The second-order valence-corrected chi connectivity index (χ2v) is 5.45. The van der Waals surface area contributed by atoms with Gasteiger partial charge in [-0.05, 0) is 30.5 Å². The molecule has 4 nitrogen and oxygen atoms in total. The Kier molecular flexibility index (Phi) is 4.10. The normalized spacial score (nSPS) is 23.2. The first-order valence-corrected chi connectivity index (χ1v) is 6.73. The Morgan fingerprint density at radius 3 is 2.79 bits per heavy atom. The number of benzene rings is 1. The van der Waals surface area contributed by atoms with Crippen molar-refractivity contribution in [3.05, 3.63) is 29.8 Å². The number of ether oxygens (including phenoxy) is 1. The molecular weight excluding hydrogens is 240 g/mol. The van der Waals surface area contributed by atoms with E-state index in [1.165, 1.54) is 0 Å². The van der Waals surface area contributed by atoms with Crippen LogP contribution in [0.5, 0.6) is 5.75 Å². The molecule has 0 saturated carbocycles. The third kappa shape index (κ3) is 2.89. The Balaban J connectivity index is 2.27. The van der Waals surface area contributed by atoms with Gasteiger partial charge in [0.2, 0.25) is 5.91 Å². The molecule has 1 N–H and O–H groups in total. The first-order chi connectivity index (χ1) is 9.02. The third-order valence-electron chi connectivity index (χ3n) is 3.34. The van der Waals surface area contributed by atoms with E-state index >= 15 is 0 Å². The molecule has 2 atom stereocenters. The van der Waals surface area contributed by atoms with E-state index in [1.807, 2.05) is 36.1 Å². The molecule has 2 unspecified atom stereocenters. The summed E-state index contributed by atoms with van der Waals surface area (Å²) in [5.74, 6) is 1.43. The zero-order chi connectivity index (χ0) is 14.0. The van der Waals surface area contributed by atoms with E-state index in [0.717, 1.165) is 17.9 Å². The van der Waals surface area contributed by atoms with Gasteiger partial charge in [-0.3, -0.25) is 10.1 Å². The van der Waals surface area contributed by atoms with Crippen LogP contribution in [0.15, 0.2) is 24.3 Å². The molecule has 1 aromatic rings. The van der Waals surface area contributed by atoms with Crippen molar-refractivity contribution in [2.24, 2.45) is 5.92 Å². The summed E-state index contributed by atoms with van der Waals surface area (Å²) in [5.41, 5.74) is 1.07. The lowest BCUT2D eigenvalue weighted by molar-refractivity contribution is -0.130. The van der Waals surface area contributed by atoms with Crippen molar-refractivity contribution >= 4 is 5.91 Å². The molecule has 1 saturated heterocycles. The predicted octanol–water partition coefficient (Wildman–Crippen LogP) is 2.17. The molecule has 0 radical (unpaired) electrons. The summed E-state index contributed by atoms with van der Waals surface area (Å²) in [4.78, 5) is 14.1. The van der Waals surface area contributed by atoms with E-state index in [4.69, 9.17) is 4.74 Å². The second kappa shape index (κ2) is 5.61. The highest BCUT2D eigenvalue weighted by molar-refractivity contribution is 5.84. The lowest BCUT2D eigenvalue weighted by Crippen LogP contribution is -2.33. The third-order valence-corrected chi connectivity index (χ3v) is 3.34. The number of rotatable bonds is 4. The molecule has 0 aliphatic carbocycles.